The van der Waals surface area contributed by atoms with Gasteiger partial charge in [-0.05, 0) is 18.2 Å². The minimum Gasteiger partial charge on any atom is -0.382 e. The summed E-state index contributed by atoms with van der Waals surface area (Å²) in [7, 11) is 3.53. The molecule has 1 heterocycles. The van der Waals surface area contributed by atoms with Gasteiger partial charge in [0, 0.05) is 33.3 Å². The summed E-state index contributed by atoms with van der Waals surface area (Å²) in [5, 5.41) is 21.3. The molecule has 0 saturated heterocycles. The largest absolute Gasteiger partial charge is 0.382 e. The highest BCUT2D eigenvalue weighted by Gasteiger charge is 2.18. The number of anilines is 2. The topological polar surface area (TPSA) is 85.0 Å². The Hall–Kier alpha value is -2.57. The third-order valence-corrected chi connectivity index (χ3v) is 2.95. The van der Waals surface area contributed by atoms with Crippen molar-refractivity contribution in [2.75, 3.05) is 24.2 Å². The van der Waals surface area contributed by atoms with Crippen molar-refractivity contribution in [2.45, 2.75) is 6.42 Å². The van der Waals surface area contributed by atoms with Crippen LogP contribution < -0.4 is 10.6 Å². The van der Waals surface area contributed by atoms with E-state index in [4.69, 9.17) is 0 Å². The lowest BCUT2D eigenvalue weighted by molar-refractivity contribution is -0.383. The molecule has 2 N–H and O–H groups in total. The summed E-state index contributed by atoms with van der Waals surface area (Å²) in [5.74, 6) is 0. The number of nitro benzene ring substituents is 1. The van der Waals surface area contributed by atoms with Crippen LogP contribution >= 0.6 is 0 Å². The number of aromatic nitrogens is 2. The lowest BCUT2D eigenvalue weighted by atomic mass is 10.2. The molecule has 0 unspecified atom stereocenters. The van der Waals surface area contributed by atoms with Crippen LogP contribution in [0.15, 0.2) is 30.5 Å². The fraction of sp³-hybridized carbons (Fsp3) is 0.308. The second kappa shape index (κ2) is 6.05. The zero-order chi connectivity index (χ0) is 14.5. The summed E-state index contributed by atoms with van der Waals surface area (Å²) >= 11 is 0. The molecular weight excluding hydrogens is 258 g/mol. The van der Waals surface area contributed by atoms with Gasteiger partial charge in [0.15, 0.2) is 0 Å². The molecule has 7 heteroatoms. The van der Waals surface area contributed by atoms with E-state index >= 15 is 0 Å². The molecule has 1 aromatic carbocycles. The normalized spacial score (nSPS) is 10.3. The molecule has 2 aromatic rings. The molecule has 0 aliphatic rings. The molecule has 0 fully saturated rings. The summed E-state index contributed by atoms with van der Waals surface area (Å²) < 4.78 is 1.74. The third-order valence-electron chi connectivity index (χ3n) is 2.95. The third kappa shape index (κ3) is 3.05. The van der Waals surface area contributed by atoms with Crippen LogP contribution in [0.1, 0.15) is 5.69 Å². The summed E-state index contributed by atoms with van der Waals surface area (Å²) in [6.07, 6.45) is 2.58. The lowest BCUT2D eigenvalue weighted by Crippen LogP contribution is -2.08. The highest BCUT2D eigenvalue weighted by molar-refractivity contribution is 5.75. The molecule has 0 saturated carbocycles. The zero-order valence-corrected chi connectivity index (χ0v) is 11.5. The van der Waals surface area contributed by atoms with E-state index in [0.29, 0.717) is 24.3 Å². The van der Waals surface area contributed by atoms with Gasteiger partial charge in [0.1, 0.15) is 11.4 Å². The Bertz CT molecular complexity index is 609. The average molecular weight is 275 g/mol. The van der Waals surface area contributed by atoms with Crippen LogP contribution in [-0.4, -0.2) is 28.3 Å². The second-order valence-corrected chi connectivity index (χ2v) is 4.37. The Kier molecular flexibility index (Phi) is 4.19. The van der Waals surface area contributed by atoms with E-state index in [1.807, 2.05) is 19.3 Å². The van der Waals surface area contributed by atoms with Crippen molar-refractivity contribution in [1.82, 2.24) is 9.78 Å². The number of benzene rings is 1. The first-order valence-electron chi connectivity index (χ1n) is 6.29. The Balaban J connectivity index is 2.07. The van der Waals surface area contributed by atoms with Gasteiger partial charge in [-0.3, -0.25) is 14.8 Å². The minimum absolute atomic E-state index is 0.0658. The van der Waals surface area contributed by atoms with Gasteiger partial charge in [-0.2, -0.15) is 5.10 Å². The molecule has 2 rings (SSSR count). The minimum atomic E-state index is -0.380. The van der Waals surface area contributed by atoms with E-state index in [1.54, 1.807) is 29.9 Å². The van der Waals surface area contributed by atoms with Crippen molar-refractivity contribution >= 4 is 17.1 Å². The van der Waals surface area contributed by atoms with Crippen LogP contribution in [0.3, 0.4) is 0 Å². The van der Waals surface area contributed by atoms with Gasteiger partial charge in [-0.15, -0.1) is 0 Å². The van der Waals surface area contributed by atoms with Crippen molar-refractivity contribution in [2.24, 2.45) is 7.05 Å². The zero-order valence-electron chi connectivity index (χ0n) is 11.5. The number of para-hydroxylation sites is 1. The molecule has 0 aliphatic carbocycles. The maximum absolute atomic E-state index is 11.1. The fourth-order valence-corrected chi connectivity index (χ4v) is 2.01. The fourth-order valence-electron chi connectivity index (χ4n) is 2.01. The number of nitrogens with zero attached hydrogens (tertiary/aromatic N) is 3. The molecule has 20 heavy (non-hydrogen) atoms. The van der Waals surface area contributed by atoms with Crippen LogP contribution in [0, 0.1) is 10.1 Å². The SMILES string of the molecule is CNc1cccc(NCCc2ccn(C)n2)c1[N+](=O)[O-]. The van der Waals surface area contributed by atoms with Crippen LogP contribution in [0.5, 0.6) is 0 Å². The van der Waals surface area contributed by atoms with Gasteiger partial charge in [0.05, 0.1) is 10.6 Å². The number of hydrogen-bond donors (Lipinski definition) is 2. The molecule has 1 aromatic heterocycles. The number of aryl methyl sites for hydroxylation is 1. The van der Waals surface area contributed by atoms with Gasteiger partial charge in [0.2, 0.25) is 0 Å². The Morgan fingerprint density at radius 3 is 2.70 bits per heavy atom. The van der Waals surface area contributed by atoms with Gasteiger partial charge >= 0.3 is 5.69 Å². The number of hydrogen-bond acceptors (Lipinski definition) is 5. The first-order valence-corrected chi connectivity index (χ1v) is 6.29. The van der Waals surface area contributed by atoms with Gasteiger partial charge in [-0.1, -0.05) is 6.07 Å². The molecule has 0 amide bonds. The standard InChI is InChI=1S/C13H17N5O2/c1-14-11-4-3-5-12(13(11)18(19)20)15-8-6-10-7-9-17(2)16-10/h3-5,7,9,14-15H,6,8H2,1-2H3. The highest BCUT2D eigenvalue weighted by Crippen LogP contribution is 2.32. The predicted octanol–water partition coefficient (Wildman–Crippen LogP) is 2.02. The molecule has 0 aliphatic heterocycles. The van der Waals surface area contributed by atoms with Crippen LogP contribution in [0.25, 0.3) is 0 Å². The summed E-state index contributed by atoms with van der Waals surface area (Å²) in [6, 6.07) is 7.10. The molecule has 106 valence electrons. The second-order valence-electron chi connectivity index (χ2n) is 4.37. The van der Waals surface area contributed by atoms with Crippen LogP contribution in [0.2, 0.25) is 0 Å². The number of nitrogens with one attached hydrogen (secondary N) is 2. The van der Waals surface area contributed by atoms with Crippen molar-refractivity contribution in [1.29, 1.82) is 0 Å². The van der Waals surface area contributed by atoms with E-state index in [1.165, 1.54) is 0 Å². The number of rotatable bonds is 6. The lowest BCUT2D eigenvalue weighted by Gasteiger charge is -2.09. The molecular formula is C13H17N5O2. The molecule has 0 radical (unpaired) electrons. The van der Waals surface area contributed by atoms with E-state index < -0.39 is 0 Å². The van der Waals surface area contributed by atoms with Crippen LogP contribution in [-0.2, 0) is 13.5 Å². The Morgan fingerprint density at radius 1 is 1.35 bits per heavy atom. The monoisotopic (exact) mass is 275 g/mol. The summed E-state index contributed by atoms with van der Waals surface area (Å²) in [4.78, 5) is 10.8. The Morgan fingerprint density at radius 2 is 2.10 bits per heavy atom. The van der Waals surface area contributed by atoms with E-state index in [2.05, 4.69) is 15.7 Å². The van der Waals surface area contributed by atoms with E-state index in [0.717, 1.165) is 5.69 Å². The molecule has 0 bridgehead atoms. The molecule has 7 nitrogen and oxygen atoms in total. The van der Waals surface area contributed by atoms with Crippen molar-refractivity contribution in [3.8, 4) is 0 Å². The summed E-state index contributed by atoms with van der Waals surface area (Å²) in [5.41, 5.74) is 2.03. The van der Waals surface area contributed by atoms with Crippen molar-refractivity contribution in [3.63, 3.8) is 0 Å². The summed E-state index contributed by atoms with van der Waals surface area (Å²) in [6.45, 7) is 0.588. The predicted molar refractivity (Wildman–Crippen MR) is 78.0 cm³/mol. The maximum atomic E-state index is 11.1. The quantitative estimate of drug-likeness (QED) is 0.622. The molecule has 0 atom stereocenters. The van der Waals surface area contributed by atoms with Gasteiger partial charge in [-0.25, -0.2) is 0 Å². The molecule has 0 spiro atoms. The maximum Gasteiger partial charge on any atom is 0.315 e. The van der Waals surface area contributed by atoms with Crippen molar-refractivity contribution < 1.29 is 4.92 Å². The Labute approximate surface area is 116 Å². The van der Waals surface area contributed by atoms with E-state index in [9.17, 15) is 10.1 Å². The smallest absolute Gasteiger partial charge is 0.315 e. The highest BCUT2D eigenvalue weighted by atomic mass is 16.6. The van der Waals surface area contributed by atoms with E-state index in [-0.39, 0.29) is 10.6 Å². The van der Waals surface area contributed by atoms with Crippen LogP contribution in [0.4, 0.5) is 17.1 Å². The number of nitro groups is 1. The first kappa shape index (κ1) is 13.9. The van der Waals surface area contributed by atoms with Crippen molar-refractivity contribution in [3.05, 3.63) is 46.3 Å². The van der Waals surface area contributed by atoms with Gasteiger partial charge in [0.25, 0.3) is 0 Å². The van der Waals surface area contributed by atoms with Gasteiger partial charge < -0.3 is 10.6 Å². The average Bonchev–Trinajstić information content (AvgIpc) is 2.83. The first-order chi connectivity index (χ1) is 9.61.